The van der Waals surface area contributed by atoms with Gasteiger partial charge in [-0.3, -0.25) is 0 Å². The molecule has 0 spiro atoms. The molecule has 0 aliphatic rings. The van der Waals surface area contributed by atoms with Crippen molar-refractivity contribution in [2.24, 2.45) is 5.73 Å². The van der Waals surface area contributed by atoms with E-state index in [0.717, 1.165) is 7.11 Å². The molecule has 0 amide bonds. The number of rotatable bonds is 3. The molecule has 3 nitrogen and oxygen atoms in total. The third kappa shape index (κ3) is 1.90. The van der Waals surface area contributed by atoms with Gasteiger partial charge in [-0.2, -0.15) is 0 Å². The van der Waals surface area contributed by atoms with Gasteiger partial charge >= 0.3 is 5.97 Å². The van der Waals surface area contributed by atoms with E-state index in [1.165, 1.54) is 6.07 Å². The predicted molar refractivity (Wildman–Crippen MR) is 55.1 cm³/mol. The van der Waals surface area contributed by atoms with Gasteiger partial charge in [-0.05, 0) is 18.1 Å². The highest BCUT2D eigenvalue weighted by Crippen LogP contribution is 2.29. The Bertz CT molecular complexity index is 395. The zero-order valence-corrected chi connectivity index (χ0v) is 9.04. The summed E-state index contributed by atoms with van der Waals surface area (Å²) in [6.07, 6.45) is -3.03. The Kier molecular flexibility index (Phi) is 3.59. The highest BCUT2D eigenvalue weighted by Gasteiger charge is 2.47. The summed E-state index contributed by atoms with van der Waals surface area (Å²) in [5.41, 5.74) is 3.69. The first-order valence-electron chi connectivity index (χ1n) is 4.66. The van der Waals surface area contributed by atoms with Crippen molar-refractivity contribution in [2.45, 2.75) is 18.9 Å². The maximum Gasteiger partial charge on any atom is 0.336 e. The number of esters is 1. The molecule has 0 aliphatic heterocycles. The topological polar surface area (TPSA) is 52.3 Å². The number of hydrogen-bond acceptors (Lipinski definition) is 3. The lowest BCUT2D eigenvalue weighted by molar-refractivity contribution is -0.154. The lowest BCUT2D eigenvalue weighted by atomic mass is 9.88. The van der Waals surface area contributed by atoms with Crippen LogP contribution in [0.5, 0.6) is 0 Å². The molecule has 0 aliphatic carbocycles. The molecular formula is C11H13F2NO2. The van der Waals surface area contributed by atoms with Crippen molar-refractivity contribution < 1.29 is 18.3 Å². The van der Waals surface area contributed by atoms with Crippen LogP contribution >= 0.6 is 0 Å². The summed E-state index contributed by atoms with van der Waals surface area (Å²) in [5.74, 6) is -1.14. The monoisotopic (exact) mass is 229 g/mol. The second-order valence-corrected chi connectivity index (χ2v) is 3.48. The molecule has 1 aromatic rings. The largest absolute Gasteiger partial charge is 0.467 e. The molecule has 0 radical (unpaired) electrons. The van der Waals surface area contributed by atoms with Gasteiger partial charge in [0.25, 0.3) is 6.43 Å². The standard InChI is InChI=1S/C11H13F2NO2/c1-7-5-3-4-6-8(7)11(14,9(12)13)10(15)16-2/h3-6,9H,14H2,1-2H3. The Morgan fingerprint density at radius 2 is 2.00 bits per heavy atom. The molecular weight excluding hydrogens is 216 g/mol. The number of carbonyl (C=O) groups excluding carboxylic acids is 1. The Morgan fingerprint density at radius 1 is 1.44 bits per heavy atom. The Balaban J connectivity index is 3.33. The summed E-state index contributed by atoms with van der Waals surface area (Å²) >= 11 is 0. The second-order valence-electron chi connectivity index (χ2n) is 3.48. The van der Waals surface area contributed by atoms with Crippen LogP contribution in [0.1, 0.15) is 11.1 Å². The minimum Gasteiger partial charge on any atom is -0.467 e. The molecule has 2 N–H and O–H groups in total. The van der Waals surface area contributed by atoms with Crippen LogP contribution in [0.3, 0.4) is 0 Å². The van der Waals surface area contributed by atoms with Crippen LogP contribution in [0.4, 0.5) is 8.78 Å². The van der Waals surface area contributed by atoms with Crippen molar-refractivity contribution in [1.29, 1.82) is 0 Å². The first-order chi connectivity index (χ1) is 7.44. The number of alkyl halides is 2. The van der Waals surface area contributed by atoms with Crippen LogP contribution in [-0.2, 0) is 15.1 Å². The third-order valence-electron chi connectivity index (χ3n) is 2.46. The number of hydrogen-bond donors (Lipinski definition) is 1. The van der Waals surface area contributed by atoms with E-state index in [4.69, 9.17) is 5.73 Å². The molecule has 1 rings (SSSR count). The van der Waals surface area contributed by atoms with Gasteiger partial charge in [0.05, 0.1) is 7.11 Å². The lowest BCUT2D eigenvalue weighted by Crippen LogP contribution is -2.52. The highest BCUT2D eigenvalue weighted by molar-refractivity contribution is 5.83. The number of aryl methyl sites for hydroxylation is 1. The number of carbonyl (C=O) groups is 1. The van der Waals surface area contributed by atoms with Crippen LogP contribution in [0.15, 0.2) is 24.3 Å². The van der Waals surface area contributed by atoms with Crippen molar-refractivity contribution in [3.8, 4) is 0 Å². The van der Waals surface area contributed by atoms with E-state index >= 15 is 0 Å². The van der Waals surface area contributed by atoms with E-state index in [1.54, 1.807) is 25.1 Å². The van der Waals surface area contributed by atoms with Crippen LogP contribution in [0, 0.1) is 6.92 Å². The molecule has 0 saturated carbocycles. The zero-order valence-electron chi connectivity index (χ0n) is 9.04. The maximum atomic E-state index is 13.0. The predicted octanol–water partition coefficient (Wildman–Crippen LogP) is 1.59. The van der Waals surface area contributed by atoms with E-state index in [-0.39, 0.29) is 5.56 Å². The average molecular weight is 229 g/mol. The quantitative estimate of drug-likeness (QED) is 0.801. The molecule has 1 unspecified atom stereocenters. The van der Waals surface area contributed by atoms with Crippen LogP contribution in [0.2, 0.25) is 0 Å². The van der Waals surface area contributed by atoms with Gasteiger partial charge in [-0.1, -0.05) is 24.3 Å². The van der Waals surface area contributed by atoms with E-state index in [1.807, 2.05) is 0 Å². The SMILES string of the molecule is COC(=O)C(N)(c1ccccc1C)C(F)F. The van der Waals surface area contributed by atoms with Gasteiger partial charge in [0.2, 0.25) is 5.54 Å². The van der Waals surface area contributed by atoms with Crippen LogP contribution < -0.4 is 5.73 Å². The highest BCUT2D eigenvalue weighted by atomic mass is 19.3. The first kappa shape index (κ1) is 12.6. The van der Waals surface area contributed by atoms with Gasteiger partial charge in [-0.25, -0.2) is 13.6 Å². The van der Waals surface area contributed by atoms with E-state index in [9.17, 15) is 13.6 Å². The molecule has 1 atom stereocenters. The van der Waals surface area contributed by atoms with Gasteiger partial charge in [0, 0.05) is 0 Å². The number of ether oxygens (including phenoxy) is 1. The third-order valence-corrected chi connectivity index (χ3v) is 2.46. The summed E-state index contributed by atoms with van der Waals surface area (Å²) in [6, 6.07) is 6.25. The van der Waals surface area contributed by atoms with Crippen molar-refractivity contribution >= 4 is 5.97 Å². The zero-order chi connectivity index (χ0) is 12.3. The average Bonchev–Trinajstić information content (AvgIpc) is 2.27. The summed E-state index contributed by atoms with van der Waals surface area (Å²) in [5, 5.41) is 0. The number of nitrogens with two attached hydrogens (primary N) is 1. The Hall–Kier alpha value is -1.49. The molecule has 0 bridgehead atoms. The molecule has 0 fully saturated rings. The fraction of sp³-hybridized carbons (Fsp3) is 0.364. The van der Waals surface area contributed by atoms with Crippen molar-refractivity contribution in [3.05, 3.63) is 35.4 Å². The normalized spacial score (nSPS) is 14.6. The molecule has 88 valence electrons. The second kappa shape index (κ2) is 4.57. The van der Waals surface area contributed by atoms with E-state index in [2.05, 4.69) is 4.74 Å². The van der Waals surface area contributed by atoms with Gasteiger partial charge in [0.15, 0.2) is 0 Å². The van der Waals surface area contributed by atoms with Gasteiger partial charge in [0.1, 0.15) is 0 Å². The smallest absolute Gasteiger partial charge is 0.336 e. The van der Waals surface area contributed by atoms with Crippen molar-refractivity contribution in [1.82, 2.24) is 0 Å². The summed E-state index contributed by atoms with van der Waals surface area (Å²) in [7, 11) is 1.03. The number of methoxy groups -OCH3 is 1. The number of halogens is 2. The minimum atomic E-state index is -3.03. The van der Waals surface area contributed by atoms with Gasteiger partial charge in [-0.15, -0.1) is 0 Å². The lowest BCUT2D eigenvalue weighted by Gasteiger charge is -2.27. The Morgan fingerprint density at radius 3 is 2.44 bits per heavy atom. The van der Waals surface area contributed by atoms with Crippen LogP contribution in [-0.4, -0.2) is 19.5 Å². The fourth-order valence-electron chi connectivity index (χ4n) is 1.52. The molecule has 1 aromatic carbocycles. The summed E-state index contributed by atoms with van der Waals surface area (Å²) in [6.45, 7) is 1.61. The number of benzene rings is 1. The molecule has 0 aromatic heterocycles. The van der Waals surface area contributed by atoms with Crippen molar-refractivity contribution in [3.63, 3.8) is 0 Å². The van der Waals surface area contributed by atoms with Crippen LogP contribution in [0.25, 0.3) is 0 Å². The van der Waals surface area contributed by atoms with Crippen molar-refractivity contribution in [2.75, 3.05) is 7.11 Å². The Labute approximate surface area is 92.2 Å². The summed E-state index contributed by atoms with van der Waals surface area (Å²) < 4.78 is 30.3. The van der Waals surface area contributed by atoms with E-state index < -0.39 is 17.9 Å². The molecule has 0 heterocycles. The summed E-state index contributed by atoms with van der Waals surface area (Å²) in [4.78, 5) is 11.4. The molecule has 16 heavy (non-hydrogen) atoms. The van der Waals surface area contributed by atoms with Gasteiger partial charge < -0.3 is 10.5 Å². The molecule has 5 heteroatoms. The molecule has 0 saturated heterocycles. The maximum absolute atomic E-state index is 13.0. The minimum absolute atomic E-state index is 0.0804. The fourth-order valence-corrected chi connectivity index (χ4v) is 1.52. The first-order valence-corrected chi connectivity index (χ1v) is 4.66. The van der Waals surface area contributed by atoms with E-state index in [0.29, 0.717) is 5.56 Å².